The highest BCUT2D eigenvalue weighted by Crippen LogP contribution is 2.26. The number of amides is 1. The van der Waals surface area contributed by atoms with Crippen molar-refractivity contribution in [1.82, 2.24) is 4.98 Å². The molecule has 1 heterocycles. The van der Waals surface area contributed by atoms with Crippen molar-refractivity contribution < 1.29 is 9.90 Å². The molecule has 0 aliphatic rings. The molecule has 1 amide bonds. The summed E-state index contributed by atoms with van der Waals surface area (Å²) in [5.74, 6) is -0.322. The summed E-state index contributed by atoms with van der Waals surface area (Å²) in [6.45, 7) is 4.06. The maximum Gasteiger partial charge on any atom is 0.261 e. The van der Waals surface area contributed by atoms with Crippen LogP contribution < -0.4 is 11.1 Å². The van der Waals surface area contributed by atoms with Crippen LogP contribution in [0, 0.1) is 0 Å². The van der Waals surface area contributed by atoms with E-state index in [1.165, 1.54) is 23.5 Å². The molecule has 0 saturated heterocycles. The van der Waals surface area contributed by atoms with E-state index in [1.54, 1.807) is 6.07 Å². The molecule has 0 saturated carbocycles. The third kappa shape index (κ3) is 2.85. The first kappa shape index (κ1) is 13.4. The number of thiazole rings is 1. The first-order chi connectivity index (χ1) is 8.99. The molecule has 2 aromatic rings. The fourth-order valence-corrected chi connectivity index (χ4v) is 2.38. The Hall–Kier alpha value is -2.08. The van der Waals surface area contributed by atoms with Gasteiger partial charge in [-0.1, -0.05) is 19.9 Å². The first-order valence-corrected chi connectivity index (χ1v) is 6.71. The molecule has 0 atom stereocenters. The zero-order valence-electron chi connectivity index (χ0n) is 10.7. The second kappa shape index (κ2) is 5.27. The molecular weight excluding hydrogens is 262 g/mol. The van der Waals surface area contributed by atoms with Crippen LogP contribution in [0.15, 0.2) is 23.6 Å². The SMILES string of the molecule is CC(C)c1csc(NC(=O)c2cccc(N)c2O)n1. The van der Waals surface area contributed by atoms with Crippen molar-refractivity contribution in [3.8, 4) is 5.75 Å². The summed E-state index contributed by atoms with van der Waals surface area (Å²) in [6, 6.07) is 4.66. The molecule has 2 rings (SSSR count). The number of phenols is 1. The lowest BCUT2D eigenvalue weighted by atomic mass is 10.1. The predicted molar refractivity (Wildman–Crippen MR) is 76.7 cm³/mol. The van der Waals surface area contributed by atoms with Crippen molar-refractivity contribution in [3.05, 3.63) is 34.8 Å². The Balaban J connectivity index is 2.18. The number of nitrogen functional groups attached to an aromatic ring is 1. The number of phenolic OH excluding ortho intramolecular Hbond substituents is 1. The molecule has 6 heteroatoms. The average molecular weight is 277 g/mol. The Labute approximate surface area is 115 Å². The van der Waals surface area contributed by atoms with Gasteiger partial charge in [0, 0.05) is 5.38 Å². The Bertz CT molecular complexity index is 608. The van der Waals surface area contributed by atoms with E-state index in [9.17, 15) is 9.90 Å². The molecule has 0 aliphatic heterocycles. The second-order valence-electron chi connectivity index (χ2n) is 4.43. The highest BCUT2D eigenvalue weighted by atomic mass is 32.1. The lowest BCUT2D eigenvalue weighted by Gasteiger charge is -2.06. The van der Waals surface area contributed by atoms with Gasteiger partial charge < -0.3 is 10.8 Å². The van der Waals surface area contributed by atoms with E-state index in [-0.39, 0.29) is 17.0 Å². The summed E-state index contributed by atoms with van der Waals surface area (Å²) < 4.78 is 0. The molecule has 0 unspecified atom stereocenters. The third-order valence-corrected chi connectivity index (χ3v) is 3.42. The van der Waals surface area contributed by atoms with Crippen LogP contribution in [0.3, 0.4) is 0 Å². The molecule has 19 heavy (non-hydrogen) atoms. The zero-order valence-corrected chi connectivity index (χ0v) is 11.5. The molecule has 5 nitrogen and oxygen atoms in total. The second-order valence-corrected chi connectivity index (χ2v) is 5.29. The number of nitrogens with two attached hydrogens (primary N) is 1. The Morgan fingerprint density at radius 2 is 2.21 bits per heavy atom. The highest BCUT2D eigenvalue weighted by Gasteiger charge is 2.15. The van der Waals surface area contributed by atoms with Gasteiger partial charge >= 0.3 is 0 Å². The average Bonchev–Trinajstić information content (AvgIpc) is 2.81. The molecule has 0 spiro atoms. The van der Waals surface area contributed by atoms with Gasteiger partial charge in [0.2, 0.25) is 0 Å². The van der Waals surface area contributed by atoms with E-state index in [2.05, 4.69) is 10.3 Å². The Morgan fingerprint density at radius 3 is 2.84 bits per heavy atom. The van der Waals surface area contributed by atoms with E-state index >= 15 is 0 Å². The van der Waals surface area contributed by atoms with Gasteiger partial charge in [-0.3, -0.25) is 10.1 Å². The fourth-order valence-electron chi connectivity index (χ4n) is 1.52. The number of para-hydroxylation sites is 1. The summed E-state index contributed by atoms with van der Waals surface area (Å²) in [5, 5.41) is 14.8. The largest absolute Gasteiger partial charge is 0.505 e. The van der Waals surface area contributed by atoms with E-state index in [4.69, 9.17) is 5.73 Å². The maximum atomic E-state index is 12.0. The van der Waals surface area contributed by atoms with Gasteiger partial charge in [-0.25, -0.2) is 4.98 Å². The van der Waals surface area contributed by atoms with Crippen molar-refractivity contribution >= 4 is 28.1 Å². The van der Waals surface area contributed by atoms with Crippen LogP contribution in [-0.2, 0) is 0 Å². The number of benzene rings is 1. The minimum absolute atomic E-state index is 0.140. The lowest BCUT2D eigenvalue weighted by molar-refractivity contribution is 0.102. The lowest BCUT2D eigenvalue weighted by Crippen LogP contribution is -2.12. The number of carbonyl (C=O) groups is 1. The fraction of sp³-hybridized carbons (Fsp3) is 0.231. The monoisotopic (exact) mass is 277 g/mol. The molecule has 100 valence electrons. The van der Waals surface area contributed by atoms with E-state index < -0.39 is 5.91 Å². The summed E-state index contributed by atoms with van der Waals surface area (Å²) in [7, 11) is 0. The molecule has 1 aromatic heterocycles. The van der Waals surface area contributed by atoms with Gasteiger partial charge in [0.1, 0.15) is 0 Å². The predicted octanol–water partition coefficient (Wildman–Crippen LogP) is 2.81. The standard InChI is InChI=1S/C13H15N3O2S/c1-7(2)10-6-19-13(15-10)16-12(18)8-4-3-5-9(14)11(8)17/h3-7,17H,14H2,1-2H3,(H,15,16,18). The third-order valence-electron chi connectivity index (χ3n) is 2.65. The quantitative estimate of drug-likeness (QED) is 0.594. The number of hydrogen-bond acceptors (Lipinski definition) is 5. The van der Waals surface area contributed by atoms with Crippen LogP contribution in [0.1, 0.15) is 35.8 Å². The van der Waals surface area contributed by atoms with Crippen molar-refractivity contribution in [3.63, 3.8) is 0 Å². The molecule has 0 radical (unpaired) electrons. The summed E-state index contributed by atoms with van der Waals surface area (Å²) in [4.78, 5) is 16.3. The van der Waals surface area contributed by atoms with Crippen molar-refractivity contribution in [1.29, 1.82) is 0 Å². The van der Waals surface area contributed by atoms with Crippen LogP contribution in [0.2, 0.25) is 0 Å². The number of nitrogens with zero attached hydrogens (tertiary/aromatic N) is 1. The van der Waals surface area contributed by atoms with Crippen LogP contribution in [-0.4, -0.2) is 16.0 Å². The number of hydrogen-bond donors (Lipinski definition) is 3. The van der Waals surface area contributed by atoms with Gasteiger partial charge in [0.05, 0.1) is 16.9 Å². The molecule has 1 aromatic carbocycles. The van der Waals surface area contributed by atoms with Crippen molar-refractivity contribution in [2.45, 2.75) is 19.8 Å². The smallest absolute Gasteiger partial charge is 0.261 e. The topological polar surface area (TPSA) is 88.2 Å². The van der Waals surface area contributed by atoms with Crippen LogP contribution >= 0.6 is 11.3 Å². The van der Waals surface area contributed by atoms with Crippen molar-refractivity contribution in [2.75, 3.05) is 11.1 Å². The van der Waals surface area contributed by atoms with Crippen molar-refractivity contribution in [2.24, 2.45) is 0 Å². The summed E-state index contributed by atoms with van der Waals surface area (Å²) in [6.07, 6.45) is 0. The van der Waals surface area contributed by atoms with Gasteiger partial charge in [0.25, 0.3) is 5.91 Å². The van der Waals surface area contributed by atoms with E-state index in [0.29, 0.717) is 11.0 Å². The number of rotatable bonds is 3. The van der Waals surface area contributed by atoms with Gasteiger partial charge in [-0.05, 0) is 18.1 Å². The highest BCUT2D eigenvalue weighted by molar-refractivity contribution is 7.14. The van der Waals surface area contributed by atoms with Crippen LogP contribution in [0.4, 0.5) is 10.8 Å². The minimum Gasteiger partial charge on any atom is -0.505 e. The number of carbonyl (C=O) groups excluding carboxylic acids is 1. The number of aromatic nitrogens is 1. The van der Waals surface area contributed by atoms with Gasteiger partial charge in [-0.2, -0.15) is 0 Å². The molecule has 4 N–H and O–H groups in total. The van der Waals surface area contributed by atoms with E-state index in [1.807, 2.05) is 19.2 Å². The molecule has 0 fully saturated rings. The number of anilines is 2. The first-order valence-electron chi connectivity index (χ1n) is 5.83. The number of aromatic hydroxyl groups is 1. The minimum atomic E-state index is -0.422. The van der Waals surface area contributed by atoms with E-state index in [0.717, 1.165) is 5.69 Å². The maximum absolute atomic E-state index is 12.0. The van der Waals surface area contributed by atoms with Crippen LogP contribution in [0.25, 0.3) is 0 Å². The summed E-state index contributed by atoms with van der Waals surface area (Å²) >= 11 is 1.35. The van der Waals surface area contributed by atoms with Gasteiger partial charge in [-0.15, -0.1) is 11.3 Å². The Kier molecular flexibility index (Phi) is 3.71. The Morgan fingerprint density at radius 1 is 1.47 bits per heavy atom. The van der Waals surface area contributed by atoms with Gasteiger partial charge in [0.15, 0.2) is 10.9 Å². The summed E-state index contributed by atoms with van der Waals surface area (Å²) in [5.41, 5.74) is 6.80. The molecular formula is C13H15N3O2S. The molecule has 0 aliphatic carbocycles. The molecule has 0 bridgehead atoms. The normalized spacial score (nSPS) is 10.7. The van der Waals surface area contributed by atoms with Crippen LogP contribution in [0.5, 0.6) is 5.75 Å². The number of nitrogens with one attached hydrogen (secondary N) is 1. The zero-order chi connectivity index (χ0) is 14.0.